The second-order valence-corrected chi connectivity index (χ2v) is 7.70. The van der Waals surface area contributed by atoms with E-state index in [-0.39, 0.29) is 17.3 Å². The van der Waals surface area contributed by atoms with Crippen molar-refractivity contribution in [3.63, 3.8) is 0 Å². The summed E-state index contributed by atoms with van der Waals surface area (Å²) >= 11 is 5.95. The van der Waals surface area contributed by atoms with Gasteiger partial charge in [0.2, 0.25) is 5.75 Å². The summed E-state index contributed by atoms with van der Waals surface area (Å²) in [6, 6.07) is 13.7. The lowest BCUT2D eigenvalue weighted by Crippen LogP contribution is -1.98. The van der Waals surface area contributed by atoms with Crippen LogP contribution < -0.4 is 24.3 Å². The summed E-state index contributed by atoms with van der Waals surface area (Å²) in [5.74, 6) is 1.52. The van der Waals surface area contributed by atoms with E-state index in [4.69, 9.17) is 30.5 Å². The molecule has 182 valence electrons. The van der Waals surface area contributed by atoms with Crippen LogP contribution in [0.3, 0.4) is 0 Å². The maximum Gasteiger partial charge on any atom is 0.203 e. The third kappa shape index (κ3) is 6.28. The van der Waals surface area contributed by atoms with Crippen molar-refractivity contribution in [1.29, 1.82) is 0 Å². The van der Waals surface area contributed by atoms with Crippen molar-refractivity contribution in [2.75, 3.05) is 33.8 Å². The van der Waals surface area contributed by atoms with Crippen LogP contribution in [0.15, 0.2) is 60.8 Å². The Balaban J connectivity index is 1.85. The molecule has 3 aromatic carbocycles. The summed E-state index contributed by atoms with van der Waals surface area (Å²) in [5, 5.41) is 13.9. The molecule has 0 unspecified atom stereocenters. The molecule has 0 aliphatic carbocycles. The minimum Gasteiger partial charge on any atom is -0.504 e. The van der Waals surface area contributed by atoms with Gasteiger partial charge in [0.1, 0.15) is 0 Å². The zero-order chi connectivity index (χ0) is 25.4. The molecule has 0 aliphatic rings. The summed E-state index contributed by atoms with van der Waals surface area (Å²) in [6.07, 6.45) is 6.51. The van der Waals surface area contributed by atoms with Gasteiger partial charge in [-0.05, 0) is 47.5 Å². The minimum absolute atomic E-state index is 0.0587. The molecule has 2 N–H and O–H groups in total. The van der Waals surface area contributed by atoms with Crippen LogP contribution in [-0.2, 0) is 0 Å². The molecule has 0 aromatic heterocycles. The lowest BCUT2D eigenvalue weighted by molar-refractivity contribution is 0.104. The highest BCUT2D eigenvalue weighted by molar-refractivity contribution is 6.31. The Hall–Kier alpha value is -4.10. The number of phenols is 1. The number of carbonyl (C=O) groups is 1. The number of ether oxygens (including phenoxy) is 4. The molecule has 0 radical (unpaired) electrons. The van der Waals surface area contributed by atoms with Crippen molar-refractivity contribution < 1.29 is 28.8 Å². The number of nitrogens with one attached hydrogen (secondary N) is 1. The Morgan fingerprint density at radius 2 is 1.49 bits per heavy atom. The molecular weight excluding hydrogens is 470 g/mol. The van der Waals surface area contributed by atoms with Gasteiger partial charge in [-0.2, -0.15) is 0 Å². The van der Waals surface area contributed by atoms with Crippen LogP contribution in [0, 0.1) is 0 Å². The van der Waals surface area contributed by atoms with Gasteiger partial charge in [-0.3, -0.25) is 4.79 Å². The average Bonchev–Trinajstić information content (AvgIpc) is 2.86. The smallest absolute Gasteiger partial charge is 0.203 e. The van der Waals surface area contributed by atoms with E-state index in [0.717, 1.165) is 5.56 Å². The molecule has 7 nitrogen and oxygen atoms in total. The van der Waals surface area contributed by atoms with Crippen LogP contribution in [-0.4, -0.2) is 39.3 Å². The third-order valence-corrected chi connectivity index (χ3v) is 5.27. The largest absolute Gasteiger partial charge is 0.504 e. The van der Waals surface area contributed by atoms with Crippen LogP contribution >= 0.6 is 11.6 Å². The lowest BCUT2D eigenvalue weighted by atomic mass is 10.1. The first-order valence-electron chi connectivity index (χ1n) is 10.5. The van der Waals surface area contributed by atoms with Gasteiger partial charge in [-0.25, -0.2) is 0 Å². The molecule has 0 fully saturated rings. The molecule has 0 heterocycles. The van der Waals surface area contributed by atoms with Crippen LogP contribution in [0.4, 0.5) is 5.69 Å². The Bertz CT molecular complexity index is 1240. The summed E-state index contributed by atoms with van der Waals surface area (Å²) in [5.41, 5.74) is 2.44. The standard InChI is InChI=1S/C27H26ClNO6/c1-32-24-14-18(15-25(33-2)27(24)35-4)9-8-17-12-21(26(34-3)23(31)13-17)29-11-10-22(30)19-6-5-7-20(28)16-19/h5-16,29,31H,1-4H3. The summed E-state index contributed by atoms with van der Waals surface area (Å²) < 4.78 is 21.5. The van der Waals surface area contributed by atoms with E-state index in [1.807, 2.05) is 24.3 Å². The molecule has 0 aliphatic heterocycles. The number of methoxy groups -OCH3 is 4. The van der Waals surface area contributed by atoms with Gasteiger partial charge >= 0.3 is 0 Å². The molecule has 0 amide bonds. The molecule has 0 atom stereocenters. The molecule has 0 saturated heterocycles. The zero-order valence-electron chi connectivity index (χ0n) is 19.8. The lowest BCUT2D eigenvalue weighted by Gasteiger charge is -2.13. The van der Waals surface area contributed by atoms with Crippen molar-refractivity contribution in [2.45, 2.75) is 0 Å². The summed E-state index contributed by atoms with van der Waals surface area (Å²) in [4.78, 5) is 12.4. The fourth-order valence-electron chi connectivity index (χ4n) is 3.39. The van der Waals surface area contributed by atoms with E-state index in [0.29, 0.717) is 39.1 Å². The van der Waals surface area contributed by atoms with Gasteiger partial charge in [-0.1, -0.05) is 35.9 Å². The molecule has 35 heavy (non-hydrogen) atoms. The summed E-state index contributed by atoms with van der Waals surface area (Å²) in [7, 11) is 6.10. The first-order chi connectivity index (χ1) is 16.9. The van der Waals surface area contributed by atoms with E-state index >= 15 is 0 Å². The average molecular weight is 496 g/mol. The first-order valence-corrected chi connectivity index (χ1v) is 10.9. The number of aromatic hydroxyl groups is 1. The van der Waals surface area contributed by atoms with E-state index in [9.17, 15) is 9.90 Å². The van der Waals surface area contributed by atoms with Gasteiger partial charge in [0.15, 0.2) is 28.8 Å². The fraction of sp³-hybridized carbons (Fsp3) is 0.148. The Morgan fingerprint density at radius 1 is 0.857 bits per heavy atom. The van der Waals surface area contributed by atoms with Crippen molar-refractivity contribution in [1.82, 2.24) is 0 Å². The number of halogens is 1. The van der Waals surface area contributed by atoms with Gasteiger partial charge in [-0.15, -0.1) is 0 Å². The number of rotatable bonds is 10. The number of carbonyl (C=O) groups excluding carboxylic acids is 1. The van der Waals surface area contributed by atoms with Gasteiger partial charge in [0.25, 0.3) is 0 Å². The summed E-state index contributed by atoms with van der Waals surface area (Å²) in [6.45, 7) is 0. The normalized spacial score (nSPS) is 11.0. The molecule has 3 rings (SSSR count). The van der Waals surface area contributed by atoms with Gasteiger partial charge in [0.05, 0.1) is 34.1 Å². The molecule has 3 aromatic rings. The number of benzene rings is 3. The van der Waals surface area contributed by atoms with Crippen LogP contribution in [0.2, 0.25) is 5.02 Å². The van der Waals surface area contributed by atoms with Crippen LogP contribution in [0.1, 0.15) is 21.5 Å². The van der Waals surface area contributed by atoms with Crippen LogP contribution in [0.5, 0.6) is 28.7 Å². The topological polar surface area (TPSA) is 86.2 Å². The number of hydrogen-bond acceptors (Lipinski definition) is 7. The van der Waals surface area contributed by atoms with Crippen molar-refractivity contribution in [3.8, 4) is 28.7 Å². The number of hydrogen-bond donors (Lipinski definition) is 2. The maximum absolute atomic E-state index is 12.4. The van der Waals surface area contributed by atoms with Gasteiger partial charge < -0.3 is 29.4 Å². The SMILES string of the molecule is COc1cc(C=Cc2cc(O)c(OC)c(NC=CC(=O)c3cccc(Cl)c3)c2)cc(OC)c1OC. The highest BCUT2D eigenvalue weighted by Crippen LogP contribution is 2.39. The van der Waals surface area contributed by atoms with E-state index in [1.165, 1.54) is 19.4 Å². The highest BCUT2D eigenvalue weighted by atomic mass is 35.5. The quantitative estimate of drug-likeness (QED) is 0.201. The molecule has 0 saturated carbocycles. The second kappa shape index (κ2) is 11.9. The molecule has 0 spiro atoms. The minimum atomic E-state index is -0.221. The predicted molar refractivity (Wildman–Crippen MR) is 138 cm³/mol. The van der Waals surface area contributed by atoms with E-state index in [2.05, 4.69) is 5.32 Å². The maximum atomic E-state index is 12.4. The number of ketones is 1. The van der Waals surface area contributed by atoms with Gasteiger partial charge in [0, 0.05) is 22.9 Å². The fourth-order valence-corrected chi connectivity index (χ4v) is 3.58. The second-order valence-electron chi connectivity index (χ2n) is 7.27. The predicted octanol–water partition coefficient (Wildman–Crippen LogP) is 6.06. The molecule has 8 heteroatoms. The number of phenolic OH excluding ortho intramolecular Hbond substituents is 1. The molecular formula is C27H26ClNO6. The highest BCUT2D eigenvalue weighted by Gasteiger charge is 2.13. The third-order valence-electron chi connectivity index (χ3n) is 5.03. The monoisotopic (exact) mass is 495 g/mol. The Labute approximate surface area is 209 Å². The number of anilines is 1. The van der Waals surface area contributed by atoms with Crippen molar-refractivity contribution >= 4 is 35.2 Å². The van der Waals surface area contributed by atoms with E-state index < -0.39 is 0 Å². The number of allylic oxidation sites excluding steroid dienone is 1. The molecule has 0 bridgehead atoms. The van der Waals surface area contributed by atoms with Crippen molar-refractivity contribution in [3.05, 3.63) is 82.5 Å². The van der Waals surface area contributed by atoms with Crippen LogP contribution in [0.25, 0.3) is 12.2 Å². The Morgan fingerprint density at radius 3 is 2.06 bits per heavy atom. The van der Waals surface area contributed by atoms with Crippen molar-refractivity contribution in [2.24, 2.45) is 0 Å². The Kier molecular flexibility index (Phi) is 8.64. The zero-order valence-corrected chi connectivity index (χ0v) is 20.6. The first kappa shape index (κ1) is 25.5. The van der Waals surface area contributed by atoms with E-state index in [1.54, 1.807) is 57.7 Å².